The summed E-state index contributed by atoms with van der Waals surface area (Å²) in [6.45, 7) is 5.22. The van der Waals surface area contributed by atoms with Crippen molar-refractivity contribution in [2.75, 3.05) is 6.61 Å². The van der Waals surface area contributed by atoms with E-state index in [0.717, 1.165) is 6.08 Å². The Balaban J connectivity index is 3.03. The van der Waals surface area contributed by atoms with Crippen LogP contribution in [0.1, 0.15) is 53.4 Å². The zero-order valence-corrected chi connectivity index (χ0v) is 17.6. The summed E-state index contributed by atoms with van der Waals surface area (Å²) in [7, 11) is 0. The van der Waals surface area contributed by atoms with E-state index in [9.17, 15) is 34.2 Å². The number of aliphatic carboxylic acids is 2. The maximum atomic E-state index is 12.7. The number of rotatable bonds is 8. The van der Waals surface area contributed by atoms with Crippen LogP contribution >= 0.6 is 0 Å². The highest BCUT2D eigenvalue weighted by molar-refractivity contribution is 5.94. The number of ketones is 2. The molecule has 9 heteroatoms. The van der Waals surface area contributed by atoms with E-state index in [1.165, 1.54) is 39.8 Å². The van der Waals surface area contributed by atoms with Crippen molar-refractivity contribution in [3.05, 3.63) is 23.8 Å². The normalized spacial score (nSPS) is 27.7. The number of carboxylic acids is 2. The zero-order valence-electron chi connectivity index (χ0n) is 17.6. The summed E-state index contributed by atoms with van der Waals surface area (Å²) < 4.78 is 5.03. The van der Waals surface area contributed by atoms with Crippen molar-refractivity contribution in [2.45, 2.75) is 59.0 Å². The second kappa shape index (κ2) is 9.34. The second-order valence-electron chi connectivity index (χ2n) is 8.67. The molecule has 9 nitrogen and oxygen atoms in total. The van der Waals surface area contributed by atoms with Gasteiger partial charge in [-0.3, -0.25) is 19.2 Å². The molecule has 1 aliphatic heterocycles. The van der Waals surface area contributed by atoms with Gasteiger partial charge in [0, 0.05) is 25.3 Å². The van der Waals surface area contributed by atoms with Crippen LogP contribution in [0.2, 0.25) is 0 Å². The highest BCUT2D eigenvalue weighted by Crippen LogP contribution is 2.34. The largest absolute Gasteiger partial charge is 0.481 e. The number of Topliss-reactive ketones (excluding diaryl/α,β-unsaturated/α-hetero) is 2. The fourth-order valence-electron chi connectivity index (χ4n) is 3.12. The smallest absolute Gasteiger partial charge is 0.328 e. The maximum absolute atomic E-state index is 12.7. The quantitative estimate of drug-likeness (QED) is 0.300. The van der Waals surface area contributed by atoms with Crippen molar-refractivity contribution < 1.29 is 44.0 Å². The molecule has 166 valence electrons. The monoisotopic (exact) mass is 424 g/mol. The lowest BCUT2D eigenvalue weighted by Crippen LogP contribution is -2.45. The number of cyclic esters (lactones) is 1. The standard InChI is InChI=1S/C21H28O9/c1-13(7-16(24)25)5-6-19(2,18(27)28)8-14(22)9-20(3)12-30-17(26)11-21(4,29)10-15(20)23/h5-7,29H,8-12H2,1-4H3,(H,24,25)(H,27,28)/b6-5+,13-7-. The van der Waals surface area contributed by atoms with Gasteiger partial charge < -0.3 is 20.1 Å². The number of carbonyl (C=O) groups excluding carboxylic acids is 3. The summed E-state index contributed by atoms with van der Waals surface area (Å²) in [5.41, 5.74) is -4.32. The molecule has 1 fully saturated rings. The van der Waals surface area contributed by atoms with Crippen molar-refractivity contribution >= 4 is 29.5 Å². The van der Waals surface area contributed by atoms with E-state index in [-0.39, 0.29) is 25.9 Å². The van der Waals surface area contributed by atoms with Crippen LogP contribution in [0.5, 0.6) is 0 Å². The van der Waals surface area contributed by atoms with E-state index in [1.54, 1.807) is 0 Å². The minimum atomic E-state index is -1.63. The topological polar surface area (TPSA) is 155 Å². The molecule has 3 atom stereocenters. The van der Waals surface area contributed by atoms with Crippen molar-refractivity contribution in [2.24, 2.45) is 10.8 Å². The summed E-state index contributed by atoms with van der Waals surface area (Å²) >= 11 is 0. The molecule has 0 saturated carbocycles. The lowest BCUT2D eigenvalue weighted by atomic mass is 9.73. The Morgan fingerprint density at radius 3 is 2.30 bits per heavy atom. The van der Waals surface area contributed by atoms with Crippen molar-refractivity contribution in [3.8, 4) is 0 Å². The van der Waals surface area contributed by atoms with E-state index in [0.29, 0.717) is 5.57 Å². The van der Waals surface area contributed by atoms with Gasteiger partial charge in [0.05, 0.1) is 22.9 Å². The van der Waals surface area contributed by atoms with E-state index in [4.69, 9.17) is 9.84 Å². The summed E-state index contributed by atoms with van der Waals surface area (Å²) in [5.74, 6) is -4.17. The number of carboxylic acid groups (broad SMARTS) is 2. The molecule has 0 aromatic rings. The van der Waals surface area contributed by atoms with Gasteiger partial charge in [-0.05, 0) is 33.3 Å². The second-order valence-corrected chi connectivity index (χ2v) is 8.67. The van der Waals surface area contributed by atoms with Gasteiger partial charge in [0.15, 0.2) is 0 Å². The molecule has 0 aromatic carbocycles. The van der Waals surface area contributed by atoms with Crippen LogP contribution in [0, 0.1) is 10.8 Å². The molecule has 0 radical (unpaired) electrons. The van der Waals surface area contributed by atoms with Gasteiger partial charge in [0.1, 0.15) is 18.2 Å². The number of hydrogen-bond acceptors (Lipinski definition) is 7. The molecule has 1 heterocycles. The Bertz CT molecular complexity index is 805. The average Bonchev–Trinajstić information content (AvgIpc) is 2.55. The average molecular weight is 424 g/mol. The molecule has 30 heavy (non-hydrogen) atoms. The van der Waals surface area contributed by atoms with Gasteiger partial charge in [0.2, 0.25) is 0 Å². The Morgan fingerprint density at radius 1 is 1.17 bits per heavy atom. The maximum Gasteiger partial charge on any atom is 0.328 e. The summed E-state index contributed by atoms with van der Waals surface area (Å²) in [6, 6.07) is 0. The van der Waals surface area contributed by atoms with Crippen LogP contribution < -0.4 is 0 Å². The van der Waals surface area contributed by atoms with Gasteiger partial charge in [-0.15, -0.1) is 0 Å². The number of esters is 1. The van der Waals surface area contributed by atoms with Gasteiger partial charge >= 0.3 is 17.9 Å². The number of allylic oxidation sites excluding steroid dienone is 2. The minimum Gasteiger partial charge on any atom is -0.481 e. The molecule has 0 aromatic heterocycles. The molecule has 3 N–H and O–H groups in total. The Morgan fingerprint density at radius 2 is 1.77 bits per heavy atom. The Kier molecular flexibility index (Phi) is 7.85. The molecule has 1 aliphatic rings. The first kappa shape index (κ1) is 25.2. The molecular formula is C21H28O9. The third-order valence-electron chi connectivity index (χ3n) is 5.00. The Labute approximate surface area is 174 Å². The van der Waals surface area contributed by atoms with Crippen LogP contribution in [-0.4, -0.2) is 57.0 Å². The van der Waals surface area contributed by atoms with Gasteiger partial charge in [-0.1, -0.05) is 12.2 Å². The van der Waals surface area contributed by atoms with Gasteiger partial charge in [0.25, 0.3) is 0 Å². The number of carbonyl (C=O) groups is 5. The molecule has 1 saturated heterocycles. The van der Waals surface area contributed by atoms with E-state index < -0.39 is 52.3 Å². The third-order valence-corrected chi connectivity index (χ3v) is 5.00. The van der Waals surface area contributed by atoms with Crippen LogP contribution in [0.3, 0.4) is 0 Å². The SMILES string of the molecule is CC(=C/C(=O)O)/C=C/C(C)(CC(=O)CC1(C)COC(=O)CC(C)(O)CC1=O)C(=O)O. The first-order chi connectivity index (χ1) is 13.6. The summed E-state index contributed by atoms with van der Waals surface area (Å²) in [6.07, 6.45) is 1.94. The van der Waals surface area contributed by atoms with Gasteiger partial charge in [-0.25, -0.2) is 4.79 Å². The first-order valence-corrected chi connectivity index (χ1v) is 9.35. The molecule has 1 rings (SSSR count). The lowest BCUT2D eigenvalue weighted by molar-refractivity contribution is -0.162. The fourth-order valence-corrected chi connectivity index (χ4v) is 3.12. The van der Waals surface area contributed by atoms with Crippen LogP contribution in [0.25, 0.3) is 0 Å². The minimum absolute atomic E-state index is 0.290. The third kappa shape index (κ3) is 7.22. The molecular weight excluding hydrogens is 396 g/mol. The molecule has 0 spiro atoms. The van der Waals surface area contributed by atoms with E-state index in [1.807, 2.05) is 0 Å². The molecule has 3 unspecified atom stereocenters. The van der Waals surface area contributed by atoms with Gasteiger partial charge in [-0.2, -0.15) is 0 Å². The van der Waals surface area contributed by atoms with Crippen LogP contribution in [0.15, 0.2) is 23.8 Å². The summed E-state index contributed by atoms with van der Waals surface area (Å²) in [4.78, 5) is 59.6. The molecule has 0 amide bonds. The van der Waals surface area contributed by atoms with Crippen LogP contribution in [-0.2, 0) is 28.7 Å². The number of aliphatic hydroxyl groups is 1. The van der Waals surface area contributed by atoms with Crippen molar-refractivity contribution in [1.82, 2.24) is 0 Å². The molecule has 0 aliphatic carbocycles. The Hall–Kier alpha value is -2.81. The number of ether oxygens (including phenoxy) is 1. The van der Waals surface area contributed by atoms with E-state index >= 15 is 0 Å². The predicted molar refractivity (Wildman–Crippen MR) is 104 cm³/mol. The van der Waals surface area contributed by atoms with Crippen LogP contribution in [0.4, 0.5) is 0 Å². The zero-order chi connectivity index (χ0) is 23.3. The predicted octanol–water partition coefficient (Wildman–Crippen LogP) is 1.68. The summed E-state index contributed by atoms with van der Waals surface area (Å²) in [5, 5.41) is 28.5. The van der Waals surface area contributed by atoms with E-state index in [2.05, 4.69) is 0 Å². The highest BCUT2D eigenvalue weighted by atomic mass is 16.5. The first-order valence-electron chi connectivity index (χ1n) is 9.35. The molecule has 0 bridgehead atoms. The van der Waals surface area contributed by atoms with Crippen molar-refractivity contribution in [1.29, 1.82) is 0 Å². The lowest BCUT2D eigenvalue weighted by Gasteiger charge is -2.34. The highest BCUT2D eigenvalue weighted by Gasteiger charge is 2.44. The fraction of sp³-hybridized carbons (Fsp3) is 0.571. The number of hydrogen-bond donors (Lipinski definition) is 3. The van der Waals surface area contributed by atoms with Crippen molar-refractivity contribution in [3.63, 3.8) is 0 Å².